The average molecular weight is 355 g/mol. The predicted octanol–water partition coefficient (Wildman–Crippen LogP) is -0.910. The smallest absolute Gasteiger partial charge is 0.236 e. The molecule has 2 saturated heterocycles. The van der Waals surface area contributed by atoms with E-state index in [1.807, 2.05) is 11.8 Å². The SMILES string of the molecule is Cc1[nH]cnc1CN1CCN(CC(=O)N(C)C)[C@@H]2CS(=O)(=O)C[C@@H]21. The number of rotatable bonds is 4. The number of hydrogen-bond donors (Lipinski definition) is 1. The quantitative estimate of drug-likeness (QED) is 0.752. The molecule has 0 unspecified atom stereocenters. The number of amides is 1. The van der Waals surface area contributed by atoms with Gasteiger partial charge in [0.1, 0.15) is 0 Å². The highest BCUT2D eigenvalue weighted by atomic mass is 32.2. The minimum absolute atomic E-state index is 0.00893. The van der Waals surface area contributed by atoms with Crippen LogP contribution in [0.1, 0.15) is 11.4 Å². The molecule has 8 nitrogen and oxygen atoms in total. The van der Waals surface area contributed by atoms with Crippen LogP contribution in [0.3, 0.4) is 0 Å². The van der Waals surface area contributed by atoms with E-state index in [2.05, 4.69) is 14.9 Å². The second kappa shape index (κ2) is 6.45. The molecule has 1 aromatic rings. The topological polar surface area (TPSA) is 89.6 Å². The highest BCUT2D eigenvalue weighted by Crippen LogP contribution is 2.28. The van der Waals surface area contributed by atoms with Crippen molar-refractivity contribution in [3.63, 3.8) is 0 Å². The van der Waals surface area contributed by atoms with Gasteiger partial charge in [0.05, 0.1) is 30.1 Å². The summed E-state index contributed by atoms with van der Waals surface area (Å²) in [5.41, 5.74) is 1.97. The summed E-state index contributed by atoms with van der Waals surface area (Å²) in [6.45, 7) is 4.32. The Morgan fingerprint density at radius 2 is 1.92 bits per heavy atom. The molecule has 1 amide bonds. The van der Waals surface area contributed by atoms with Crippen LogP contribution in [0.25, 0.3) is 0 Å². The number of likely N-dealkylation sites (N-methyl/N-ethyl adjacent to an activating group) is 1. The number of aromatic nitrogens is 2. The van der Waals surface area contributed by atoms with E-state index in [1.165, 1.54) is 0 Å². The van der Waals surface area contributed by atoms with Crippen molar-refractivity contribution < 1.29 is 13.2 Å². The largest absolute Gasteiger partial charge is 0.348 e. The molecule has 134 valence electrons. The van der Waals surface area contributed by atoms with Gasteiger partial charge in [0.25, 0.3) is 0 Å². The molecule has 0 bridgehead atoms. The van der Waals surface area contributed by atoms with Crippen molar-refractivity contribution in [2.75, 3.05) is 45.2 Å². The number of H-pyrrole nitrogens is 1. The third kappa shape index (κ3) is 3.47. The number of piperazine rings is 1. The van der Waals surface area contributed by atoms with Crippen molar-refractivity contribution in [2.45, 2.75) is 25.6 Å². The van der Waals surface area contributed by atoms with E-state index in [9.17, 15) is 13.2 Å². The first-order valence-electron chi connectivity index (χ1n) is 8.14. The minimum Gasteiger partial charge on any atom is -0.348 e. The Hall–Kier alpha value is -1.45. The van der Waals surface area contributed by atoms with Crippen LogP contribution in [0.2, 0.25) is 0 Å². The molecule has 0 aliphatic carbocycles. The highest BCUT2D eigenvalue weighted by molar-refractivity contribution is 7.91. The van der Waals surface area contributed by atoms with Crippen molar-refractivity contribution in [3.05, 3.63) is 17.7 Å². The first kappa shape index (κ1) is 17.4. The summed E-state index contributed by atoms with van der Waals surface area (Å²) in [5, 5.41) is 0. The summed E-state index contributed by atoms with van der Waals surface area (Å²) in [5.74, 6) is 0.303. The van der Waals surface area contributed by atoms with Crippen LogP contribution < -0.4 is 0 Å². The van der Waals surface area contributed by atoms with Crippen LogP contribution >= 0.6 is 0 Å². The molecular weight excluding hydrogens is 330 g/mol. The summed E-state index contributed by atoms with van der Waals surface area (Å²) in [6, 6.07) is -0.193. The van der Waals surface area contributed by atoms with E-state index >= 15 is 0 Å². The molecule has 0 radical (unpaired) electrons. The highest BCUT2D eigenvalue weighted by Gasteiger charge is 2.47. The second-order valence-electron chi connectivity index (χ2n) is 6.91. The van der Waals surface area contributed by atoms with Gasteiger partial charge in [-0.2, -0.15) is 0 Å². The van der Waals surface area contributed by atoms with E-state index in [-0.39, 0.29) is 36.0 Å². The Labute approximate surface area is 142 Å². The number of imidazole rings is 1. The zero-order valence-corrected chi connectivity index (χ0v) is 15.2. The van der Waals surface area contributed by atoms with Gasteiger partial charge in [-0.1, -0.05) is 0 Å². The second-order valence-corrected chi connectivity index (χ2v) is 9.07. The lowest BCUT2D eigenvalue weighted by Gasteiger charge is -2.43. The maximum atomic E-state index is 12.2. The molecule has 1 aromatic heterocycles. The van der Waals surface area contributed by atoms with Gasteiger partial charge in [0, 0.05) is 51.5 Å². The number of aryl methyl sites for hydroxylation is 1. The molecule has 2 aliphatic heterocycles. The van der Waals surface area contributed by atoms with Crippen LogP contribution in [-0.2, 0) is 21.2 Å². The lowest BCUT2D eigenvalue weighted by Crippen LogP contribution is -2.60. The third-order valence-corrected chi connectivity index (χ3v) is 6.73. The Balaban J connectivity index is 1.77. The Bertz CT molecular complexity index is 714. The zero-order valence-electron chi connectivity index (χ0n) is 14.4. The first-order chi connectivity index (χ1) is 11.3. The Morgan fingerprint density at radius 3 is 2.50 bits per heavy atom. The molecule has 0 spiro atoms. The third-order valence-electron chi connectivity index (χ3n) is 5.03. The number of carbonyl (C=O) groups is 1. The van der Waals surface area contributed by atoms with Gasteiger partial charge in [-0.25, -0.2) is 13.4 Å². The van der Waals surface area contributed by atoms with Gasteiger partial charge >= 0.3 is 0 Å². The normalized spacial score (nSPS) is 27.1. The fraction of sp³-hybridized carbons (Fsp3) is 0.733. The van der Waals surface area contributed by atoms with Gasteiger partial charge < -0.3 is 9.88 Å². The maximum Gasteiger partial charge on any atom is 0.236 e. The molecule has 24 heavy (non-hydrogen) atoms. The van der Waals surface area contributed by atoms with Crippen molar-refractivity contribution in [1.82, 2.24) is 24.7 Å². The van der Waals surface area contributed by atoms with Crippen molar-refractivity contribution >= 4 is 15.7 Å². The molecule has 9 heteroatoms. The molecule has 3 heterocycles. The number of fused-ring (bicyclic) bond motifs is 1. The first-order valence-corrected chi connectivity index (χ1v) is 9.96. The molecule has 2 atom stereocenters. The molecule has 2 fully saturated rings. The van der Waals surface area contributed by atoms with Crippen LogP contribution in [-0.4, -0.2) is 96.3 Å². The van der Waals surface area contributed by atoms with E-state index < -0.39 is 9.84 Å². The van der Waals surface area contributed by atoms with E-state index in [1.54, 1.807) is 25.3 Å². The fourth-order valence-corrected chi connectivity index (χ4v) is 5.59. The van der Waals surface area contributed by atoms with E-state index in [0.717, 1.165) is 17.9 Å². The van der Waals surface area contributed by atoms with E-state index in [4.69, 9.17) is 0 Å². The lowest BCUT2D eigenvalue weighted by atomic mass is 10.0. The summed E-state index contributed by atoms with van der Waals surface area (Å²) in [4.78, 5) is 25.2. The zero-order chi connectivity index (χ0) is 17.5. The molecule has 0 aromatic carbocycles. The van der Waals surface area contributed by atoms with Gasteiger partial charge in [0.2, 0.25) is 5.91 Å². The summed E-state index contributed by atoms with van der Waals surface area (Å²) in [6.07, 6.45) is 1.67. The summed E-state index contributed by atoms with van der Waals surface area (Å²) in [7, 11) is 0.372. The van der Waals surface area contributed by atoms with Gasteiger partial charge in [-0.05, 0) is 6.92 Å². The predicted molar refractivity (Wildman–Crippen MR) is 90.2 cm³/mol. The van der Waals surface area contributed by atoms with Crippen LogP contribution in [0.5, 0.6) is 0 Å². The van der Waals surface area contributed by atoms with Crippen LogP contribution in [0.4, 0.5) is 0 Å². The van der Waals surface area contributed by atoms with Crippen LogP contribution in [0.15, 0.2) is 6.33 Å². The number of aromatic amines is 1. The van der Waals surface area contributed by atoms with Crippen molar-refractivity contribution in [1.29, 1.82) is 0 Å². The minimum atomic E-state index is -3.08. The van der Waals surface area contributed by atoms with Gasteiger partial charge in [0.15, 0.2) is 9.84 Å². The summed E-state index contributed by atoms with van der Waals surface area (Å²) < 4.78 is 24.4. The number of carbonyl (C=O) groups excluding carboxylic acids is 1. The number of sulfone groups is 1. The summed E-state index contributed by atoms with van der Waals surface area (Å²) >= 11 is 0. The monoisotopic (exact) mass is 355 g/mol. The lowest BCUT2D eigenvalue weighted by molar-refractivity contribution is -0.131. The average Bonchev–Trinajstić information content (AvgIpc) is 3.04. The Kier molecular flexibility index (Phi) is 4.67. The standard InChI is InChI=1S/C15H25N5O3S/c1-11-12(17-10-16-11)6-19-4-5-20(7-15(21)18(2)3)14-9-24(22,23)8-13(14)19/h10,13-14H,4-9H2,1-3H3,(H,16,17)/t13-,14+/m0/s1. The number of hydrogen-bond acceptors (Lipinski definition) is 6. The number of nitrogens with one attached hydrogen (secondary N) is 1. The molecular formula is C15H25N5O3S. The van der Waals surface area contributed by atoms with Crippen molar-refractivity contribution in [3.8, 4) is 0 Å². The van der Waals surface area contributed by atoms with E-state index in [0.29, 0.717) is 13.1 Å². The van der Waals surface area contributed by atoms with Crippen molar-refractivity contribution in [2.24, 2.45) is 0 Å². The van der Waals surface area contributed by atoms with Gasteiger partial charge in [-0.3, -0.25) is 14.6 Å². The van der Waals surface area contributed by atoms with Crippen LogP contribution in [0, 0.1) is 6.92 Å². The maximum absolute atomic E-state index is 12.2. The molecule has 3 rings (SSSR count). The Morgan fingerprint density at radius 1 is 1.29 bits per heavy atom. The molecule has 2 aliphatic rings. The van der Waals surface area contributed by atoms with Gasteiger partial charge in [-0.15, -0.1) is 0 Å². The fourth-order valence-electron chi connectivity index (χ4n) is 3.54. The molecule has 1 N–H and O–H groups in total. The number of nitrogens with zero attached hydrogens (tertiary/aromatic N) is 4. The molecule has 0 saturated carbocycles.